The predicted molar refractivity (Wildman–Crippen MR) is 132 cm³/mol. The average molecular weight is 441 g/mol. The quantitative estimate of drug-likeness (QED) is 0.398. The summed E-state index contributed by atoms with van der Waals surface area (Å²) in [5.41, 5.74) is 4.69. The van der Waals surface area contributed by atoms with Crippen LogP contribution in [0.25, 0.3) is 11.3 Å². The van der Waals surface area contributed by atoms with Gasteiger partial charge in [-0.05, 0) is 60.2 Å². The van der Waals surface area contributed by atoms with E-state index in [2.05, 4.69) is 79.7 Å². The second-order valence-corrected chi connectivity index (χ2v) is 15.3. The molecule has 3 rings (SSSR count). The van der Waals surface area contributed by atoms with Gasteiger partial charge in [-0.1, -0.05) is 55.4 Å². The minimum absolute atomic E-state index is 0.336. The smallest absolute Gasteiger partial charge is 0.258 e. The molecule has 1 aliphatic rings. The number of hydrogen-bond acceptors (Lipinski definition) is 4. The number of fused-ring (bicyclic) bond motifs is 1. The van der Waals surface area contributed by atoms with E-state index < -0.39 is 8.32 Å². The standard InChI is InChI=1S/C26H40N2O2Si/c1-9-20(8)26-27-23-11-10-16-29-25(23)24(28-26)21-12-14-22(15-13-21)30-31(17(2)3,18(4)5)19(6)7/h12-15,17-20H,9-11,16H2,1-8H3/t20-/m0/s1. The number of rotatable bonds is 8. The van der Waals surface area contributed by atoms with Crippen LogP contribution >= 0.6 is 0 Å². The van der Waals surface area contributed by atoms with Gasteiger partial charge in [0.05, 0.1) is 12.3 Å². The van der Waals surface area contributed by atoms with Gasteiger partial charge in [-0.15, -0.1) is 0 Å². The summed E-state index contributed by atoms with van der Waals surface area (Å²) in [6, 6.07) is 8.50. The van der Waals surface area contributed by atoms with E-state index in [1.807, 2.05) is 0 Å². The average Bonchev–Trinajstić information content (AvgIpc) is 2.75. The maximum absolute atomic E-state index is 6.84. The van der Waals surface area contributed by atoms with Crippen LogP contribution in [0.1, 0.15) is 85.7 Å². The highest BCUT2D eigenvalue weighted by atomic mass is 28.4. The van der Waals surface area contributed by atoms with Crippen molar-refractivity contribution >= 4 is 8.32 Å². The molecule has 0 unspecified atom stereocenters. The van der Waals surface area contributed by atoms with Crippen molar-refractivity contribution in [2.45, 2.75) is 97.2 Å². The van der Waals surface area contributed by atoms with Crippen molar-refractivity contribution in [3.63, 3.8) is 0 Å². The van der Waals surface area contributed by atoms with Gasteiger partial charge >= 0.3 is 0 Å². The number of hydrogen-bond donors (Lipinski definition) is 0. The lowest BCUT2D eigenvalue weighted by atomic mass is 10.0. The van der Waals surface area contributed by atoms with Gasteiger partial charge in [-0.25, -0.2) is 9.97 Å². The number of aryl methyl sites for hydroxylation is 1. The third-order valence-electron chi connectivity index (χ3n) is 6.94. The maximum Gasteiger partial charge on any atom is 0.258 e. The van der Waals surface area contributed by atoms with Crippen molar-refractivity contribution in [3.8, 4) is 22.8 Å². The first-order chi connectivity index (χ1) is 14.7. The fraction of sp³-hybridized carbons (Fsp3) is 0.615. The molecule has 0 bridgehead atoms. The van der Waals surface area contributed by atoms with Crippen molar-refractivity contribution in [1.82, 2.24) is 9.97 Å². The van der Waals surface area contributed by atoms with Crippen LogP contribution in [0, 0.1) is 0 Å². The molecule has 0 spiro atoms. The van der Waals surface area contributed by atoms with Crippen LogP contribution in [0.4, 0.5) is 0 Å². The van der Waals surface area contributed by atoms with Crippen molar-refractivity contribution in [2.75, 3.05) is 6.61 Å². The Hall–Kier alpha value is -1.88. The first-order valence-corrected chi connectivity index (χ1v) is 14.2. The predicted octanol–water partition coefficient (Wildman–Crippen LogP) is 7.54. The zero-order chi connectivity index (χ0) is 22.8. The molecule has 0 amide bonds. The van der Waals surface area contributed by atoms with E-state index in [0.29, 0.717) is 22.5 Å². The summed E-state index contributed by atoms with van der Waals surface area (Å²) in [7, 11) is -1.97. The Labute approximate surface area is 189 Å². The molecule has 1 atom stereocenters. The molecule has 1 aliphatic heterocycles. The van der Waals surface area contributed by atoms with Crippen molar-refractivity contribution in [3.05, 3.63) is 35.8 Å². The van der Waals surface area contributed by atoms with Gasteiger partial charge in [0.2, 0.25) is 0 Å². The molecule has 4 nitrogen and oxygen atoms in total. The Bertz CT molecular complexity index is 856. The zero-order valence-corrected chi connectivity index (χ0v) is 21.7. The second kappa shape index (κ2) is 9.72. The maximum atomic E-state index is 6.84. The Morgan fingerprint density at radius 3 is 2.10 bits per heavy atom. The first-order valence-electron chi connectivity index (χ1n) is 12.0. The van der Waals surface area contributed by atoms with Crippen LogP contribution in [-0.4, -0.2) is 24.9 Å². The van der Waals surface area contributed by atoms with Gasteiger partial charge in [0.15, 0.2) is 5.75 Å². The molecule has 1 aromatic heterocycles. The largest absolute Gasteiger partial charge is 0.543 e. The summed E-state index contributed by atoms with van der Waals surface area (Å²) in [4.78, 5) is 9.79. The van der Waals surface area contributed by atoms with E-state index in [4.69, 9.17) is 19.1 Å². The molecule has 170 valence electrons. The van der Waals surface area contributed by atoms with E-state index in [1.165, 1.54) is 0 Å². The highest BCUT2D eigenvalue weighted by Gasteiger charge is 2.47. The number of ether oxygens (including phenoxy) is 1. The molecule has 1 aromatic carbocycles. The normalized spacial score (nSPS) is 15.2. The number of nitrogens with zero attached hydrogens (tertiary/aromatic N) is 2. The highest BCUT2D eigenvalue weighted by Crippen LogP contribution is 2.43. The van der Waals surface area contributed by atoms with E-state index in [9.17, 15) is 0 Å². The molecule has 5 heteroatoms. The molecule has 0 saturated heterocycles. The summed E-state index contributed by atoms with van der Waals surface area (Å²) >= 11 is 0. The molecule has 0 fully saturated rings. The number of aromatic nitrogens is 2. The monoisotopic (exact) mass is 440 g/mol. The first kappa shape index (κ1) is 23.8. The molecule has 0 N–H and O–H groups in total. The Kier molecular flexibility index (Phi) is 7.46. The topological polar surface area (TPSA) is 44.2 Å². The van der Waals surface area contributed by atoms with Crippen LogP contribution in [0.3, 0.4) is 0 Å². The summed E-state index contributed by atoms with van der Waals surface area (Å²) in [6.45, 7) is 19.0. The van der Waals surface area contributed by atoms with Gasteiger partial charge in [0.1, 0.15) is 17.3 Å². The van der Waals surface area contributed by atoms with Crippen LogP contribution in [-0.2, 0) is 6.42 Å². The highest BCUT2D eigenvalue weighted by molar-refractivity contribution is 6.78. The van der Waals surface area contributed by atoms with Gasteiger partial charge in [-0.2, -0.15) is 0 Å². The van der Waals surface area contributed by atoms with E-state index >= 15 is 0 Å². The lowest BCUT2D eigenvalue weighted by molar-refractivity contribution is 0.284. The van der Waals surface area contributed by atoms with Crippen LogP contribution in [0.15, 0.2) is 24.3 Å². The third kappa shape index (κ3) is 4.67. The van der Waals surface area contributed by atoms with E-state index in [-0.39, 0.29) is 0 Å². The summed E-state index contributed by atoms with van der Waals surface area (Å²) in [5.74, 6) is 3.09. The Balaban J connectivity index is 1.98. The van der Waals surface area contributed by atoms with Crippen LogP contribution in [0.5, 0.6) is 11.5 Å². The zero-order valence-electron chi connectivity index (χ0n) is 20.7. The number of benzene rings is 1. The molecule has 2 aromatic rings. The van der Waals surface area contributed by atoms with Gasteiger partial charge in [0, 0.05) is 11.5 Å². The lowest BCUT2D eigenvalue weighted by Gasteiger charge is -2.42. The lowest BCUT2D eigenvalue weighted by Crippen LogP contribution is -2.50. The summed E-state index contributed by atoms with van der Waals surface area (Å²) in [5, 5.41) is 0. The molecule has 31 heavy (non-hydrogen) atoms. The van der Waals surface area contributed by atoms with E-state index in [0.717, 1.165) is 60.1 Å². The molecule has 0 saturated carbocycles. The Morgan fingerprint density at radius 2 is 1.55 bits per heavy atom. The second-order valence-electron chi connectivity index (χ2n) is 9.91. The fourth-order valence-electron chi connectivity index (χ4n) is 5.09. The van der Waals surface area contributed by atoms with Gasteiger partial charge < -0.3 is 9.16 Å². The molecule has 0 radical (unpaired) electrons. The minimum Gasteiger partial charge on any atom is -0.543 e. The summed E-state index contributed by atoms with van der Waals surface area (Å²) < 4.78 is 12.9. The molecule has 0 aliphatic carbocycles. The van der Waals surface area contributed by atoms with Crippen LogP contribution < -0.4 is 9.16 Å². The SMILES string of the molecule is CC[C@H](C)c1nc2c(c(-c3ccc(O[Si](C(C)C)(C(C)C)C(C)C)cc3)n1)OCCC2. The third-order valence-corrected chi connectivity index (χ3v) is 12.9. The van der Waals surface area contributed by atoms with Gasteiger partial charge in [-0.3, -0.25) is 0 Å². The van der Waals surface area contributed by atoms with Crippen molar-refractivity contribution in [1.29, 1.82) is 0 Å². The van der Waals surface area contributed by atoms with Gasteiger partial charge in [0.25, 0.3) is 8.32 Å². The minimum atomic E-state index is -1.97. The molecular formula is C26H40N2O2Si. The molecular weight excluding hydrogens is 400 g/mol. The summed E-state index contributed by atoms with van der Waals surface area (Å²) in [6.07, 6.45) is 3.00. The Morgan fingerprint density at radius 1 is 0.935 bits per heavy atom. The van der Waals surface area contributed by atoms with Crippen LogP contribution in [0.2, 0.25) is 16.6 Å². The van der Waals surface area contributed by atoms with E-state index in [1.54, 1.807) is 0 Å². The molecule has 2 heterocycles. The van der Waals surface area contributed by atoms with Crippen molar-refractivity contribution < 1.29 is 9.16 Å². The fourth-order valence-corrected chi connectivity index (χ4v) is 10.3. The van der Waals surface area contributed by atoms with Crippen molar-refractivity contribution in [2.24, 2.45) is 0 Å².